The zero-order valence-corrected chi connectivity index (χ0v) is 18.2. The molecule has 3 aromatic rings. The van der Waals surface area contributed by atoms with E-state index < -0.39 is 13.3 Å². The number of hydrogen-bond acceptors (Lipinski definition) is 5. The third-order valence-electron chi connectivity index (χ3n) is 4.94. The number of carbonyl (C=O) groups is 2. The van der Waals surface area contributed by atoms with E-state index in [9.17, 15) is 14.2 Å². The third-order valence-corrected chi connectivity index (χ3v) is 6.63. The van der Waals surface area contributed by atoms with Crippen molar-refractivity contribution in [3.63, 3.8) is 0 Å². The summed E-state index contributed by atoms with van der Waals surface area (Å²) in [6.07, 6.45) is 0. The SMILES string of the molecule is COc1cccc(OC)c1C(=O)[P+](=O)c1c(C)ccc(C(=O)c2ccccc2)c1C. The molecule has 30 heavy (non-hydrogen) atoms. The molecule has 0 N–H and O–H groups in total. The number of benzene rings is 3. The molecule has 0 amide bonds. The van der Waals surface area contributed by atoms with Crippen molar-refractivity contribution < 1.29 is 23.6 Å². The molecule has 0 aromatic heterocycles. The zero-order valence-electron chi connectivity index (χ0n) is 17.3. The molecule has 0 aliphatic carbocycles. The van der Waals surface area contributed by atoms with Crippen LogP contribution in [0.25, 0.3) is 0 Å². The first-order valence-electron chi connectivity index (χ1n) is 9.33. The van der Waals surface area contributed by atoms with E-state index in [1.54, 1.807) is 68.4 Å². The third kappa shape index (κ3) is 3.89. The van der Waals surface area contributed by atoms with E-state index in [1.807, 2.05) is 6.07 Å². The molecule has 0 fully saturated rings. The predicted molar refractivity (Wildman–Crippen MR) is 117 cm³/mol. The Morgan fingerprint density at radius 3 is 1.97 bits per heavy atom. The van der Waals surface area contributed by atoms with Crippen LogP contribution in [0.5, 0.6) is 11.5 Å². The smallest absolute Gasteiger partial charge is 0.459 e. The average Bonchev–Trinajstić information content (AvgIpc) is 2.78. The summed E-state index contributed by atoms with van der Waals surface area (Å²) in [7, 11) is 0.368. The van der Waals surface area contributed by atoms with Gasteiger partial charge in [-0.15, -0.1) is 0 Å². The first-order chi connectivity index (χ1) is 14.4. The van der Waals surface area contributed by atoms with Gasteiger partial charge >= 0.3 is 13.3 Å². The minimum Gasteiger partial charge on any atom is -0.496 e. The van der Waals surface area contributed by atoms with Crippen molar-refractivity contribution in [1.29, 1.82) is 0 Å². The van der Waals surface area contributed by atoms with Crippen LogP contribution in [0.1, 0.15) is 37.4 Å². The van der Waals surface area contributed by atoms with Crippen LogP contribution in [-0.4, -0.2) is 25.5 Å². The van der Waals surface area contributed by atoms with Crippen molar-refractivity contribution in [1.82, 2.24) is 0 Å². The van der Waals surface area contributed by atoms with Crippen molar-refractivity contribution in [2.75, 3.05) is 14.2 Å². The summed E-state index contributed by atoms with van der Waals surface area (Å²) in [4.78, 5) is 26.2. The maximum absolute atomic E-state index is 13.4. The van der Waals surface area contributed by atoms with Gasteiger partial charge in [0.25, 0.3) is 0 Å². The standard InChI is InChI=1S/C24H22O5P/c1-15-13-14-18(22(25)17-9-6-5-7-10-17)16(2)23(15)30(27)24(26)21-19(28-3)11-8-12-20(21)29-4/h5-14H,1-4H3/q+1. The van der Waals surface area contributed by atoms with Crippen LogP contribution in [0.2, 0.25) is 0 Å². The minimum atomic E-state index is -2.51. The molecule has 0 aliphatic heterocycles. The largest absolute Gasteiger partial charge is 0.496 e. The Bertz CT molecular complexity index is 1110. The lowest BCUT2D eigenvalue weighted by Gasteiger charge is -2.10. The highest BCUT2D eigenvalue weighted by Crippen LogP contribution is 2.38. The molecule has 0 saturated heterocycles. The van der Waals surface area contributed by atoms with Gasteiger partial charge in [0.2, 0.25) is 5.30 Å². The molecule has 0 spiro atoms. The summed E-state index contributed by atoms with van der Waals surface area (Å²) in [6, 6.07) is 17.2. The summed E-state index contributed by atoms with van der Waals surface area (Å²) in [5, 5.41) is 0.366. The van der Waals surface area contributed by atoms with E-state index in [-0.39, 0.29) is 22.8 Å². The highest BCUT2D eigenvalue weighted by atomic mass is 31.1. The monoisotopic (exact) mass is 421 g/mol. The Balaban J connectivity index is 2.10. The van der Waals surface area contributed by atoms with Gasteiger partial charge in [0.1, 0.15) is 11.5 Å². The van der Waals surface area contributed by atoms with Crippen LogP contribution in [0.4, 0.5) is 0 Å². The number of methoxy groups -OCH3 is 2. The van der Waals surface area contributed by atoms with E-state index in [2.05, 4.69) is 0 Å². The second-order valence-corrected chi connectivity index (χ2v) is 8.18. The first-order valence-corrected chi connectivity index (χ1v) is 10.6. The van der Waals surface area contributed by atoms with Gasteiger partial charge in [-0.05, 0) is 26.0 Å². The van der Waals surface area contributed by atoms with Gasteiger partial charge < -0.3 is 9.47 Å². The molecule has 3 aromatic carbocycles. The van der Waals surface area contributed by atoms with Crippen LogP contribution in [0.15, 0.2) is 60.7 Å². The Hall–Kier alpha value is -3.30. The minimum absolute atomic E-state index is 0.127. The lowest BCUT2D eigenvalue weighted by Crippen LogP contribution is -2.17. The van der Waals surface area contributed by atoms with Crippen molar-refractivity contribution >= 4 is 24.4 Å². The summed E-state index contributed by atoms with van der Waals surface area (Å²) in [5.74, 6) is 0.393. The van der Waals surface area contributed by atoms with Gasteiger partial charge in [-0.25, -0.2) is 4.79 Å². The molecule has 0 saturated carbocycles. The van der Waals surface area contributed by atoms with Gasteiger partial charge in [0, 0.05) is 22.3 Å². The molecular formula is C24H22O5P+. The Morgan fingerprint density at radius 1 is 0.800 bits per heavy atom. The van der Waals surface area contributed by atoms with E-state index in [4.69, 9.17) is 9.47 Å². The highest BCUT2D eigenvalue weighted by Gasteiger charge is 2.40. The maximum Gasteiger partial charge on any atom is 0.459 e. The lowest BCUT2D eigenvalue weighted by molar-refractivity contribution is 0.103. The predicted octanol–water partition coefficient (Wildman–Crippen LogP) is 4.84. The highest BCUT2D eigenvalue weighted by molar-refractivity contribution is 7.71. The fourth-order valence-electron chi connectivity index (χ4n) is 3.40. The zero-order chi connectivity index (χ0) is 21.8. The van der Waals surface area contributed by atoms with Crippen molar-refractivity contribution in [2.24, 2.45) is 0 Å². The Morgan fingerprint density at radius 2 is 1.40 bits per heavy atom. The van der Waals surface area contributed by atoms with E-state index in [0.717, 1.165) is 0 Å². The van der Waals surface area contributed by atoms with Crippen molar-refractivity contribution in [3.05, 3.63) is 88.5 Å². The number of aryl methyl sites for hydroxylation is 1. The summed E-state index contributed by atoms with van der Waals surface area (Å²) in [5.41, 5.74) is 1.69. The maximum atomic E-state index is 13.4. The van der Waals surface area contributed by atoms with Gasteiger partial charge in [-0.1, -0.05) is 53.1 Å². The molecular weight excluding hydrogens is 399 g/mol. The van der Waals surface area contributed by atoms with Crippen LogP contribution >= 0.6 is 7.80 Å². The van der Waals surface area contributed by atoms with Crippen molar-refractivity contribution in [3.8, 4) is 11.5 Å². The average molecular weight is 421 g/mol. The second-order valence-electron chi connectivity index (χ2n) is 6.74. The van der Waals surface area contributed by atoms with Crippen LogP contribution in [-0.2, 0) is 4.57 Å². The van der Waals surface area contributed by atoms with Gasteiger partial charge in [-0.3, -0.25) is 4.79 Å². The fraction of sp³-hybridized carbons (Fsp3) is 0.167. The molecule has 0 heterocycles. The summed E-state index contributed by atoms with van der Waals surface area (Å²) in [6.45, 7) is 3.50. The first kappa shape index (κ1) is 21.4. The summed E-state index contributed by atoms with van der Waals surface area (Å²) < 4.78 is 24.0. The Kier molecular flexibility index (Phi) is 6.43. The summed E-state index contributed by atoms with van der Waals surface area (Å²) >= 11 is 0. The van der Waals surface area contributed by atoms with Crippen LogP contribution in [0.3, 0.4) is 0 Å². The number of carbonyl (C=O) groups excluding carboxylic acids is 2. The van der Waals surface area contributed by atoms with Gasteiger partial charge in [0.15, 0.2) is 11.3 Å². The van der Waals surface area contributed by atoms with Crippen LogP contribution < -0.4 is 14.8 Å². The topological polar surface area (TPSA) is 69.7 Å². The molecule has 6 heteroatoms. The Labute approximate surface area is 176 Å². The number of ether oxygens (including phenoxy) is 2. The van der Waals surface area contributed by atoms with Gasteiger partial charge in [-0.2, -0.15) is 0 Å². The molecule has 0 radical (unpaired) electrons. The molecule has 0 bridgehead atoms. The van der Waals surface area contributed by atoms with Crippen LogP contribution in [0, 0.1) is 13.8 Å². The van der Waals surface area contributed by atoms with E-state index >= 15 is 0 Å². The second kappa shape index (κ2) is 9.02. The molecule has 1 atom stereocenters. The molecule has 152 valence electrons. The quantitative estimate of drug-likeness (QED) is 0.403. The lowest BCUT2D eigenvalue weighted by atomic mass is 9.97. The number of rotatable bonds is 7. The number of hydrogen-bond donors (Lipinski definition) is 0. The fourth-order valence-corrected chi connectivity index (χ4v) is 4.85. The van der Waals surface area contributed by atoms with E-state index in [1.165, 1.54) is 14.2 Å². The normalized spacial score (nSPS) is 11.0. The molecule has 0 aliphatic rings. The molecule has 3 rings (SSSR count). The van der Waals surface area contributed by atoms with E-state index in [0.29, 0.717) is 27.6 Å². The molecule has 5 nitrogen and oxygen atoms in total. The molecule has 1 unspecified atom stereocenters. The number of ketones is 1. The van der Waals surface area contributed by atoms with Gasteiger partial charge in [0.05, 0.1) is 14.2 Å². The van der Waals surface area contributed by atoms with Crippen molar-refractivity contribution in [2.45, 2.75) is 13.8 Å².